The summed E-state index contributed by atoms with van der Waals surface area (Å²) in [6.45, 7) is 5.12. The van der Waals surface area contributed by atoms with Gasteiger partial charge in [0.25, 0.3) is 0 Å². The number of anilines is 1. The summed E-state index contributed by atoms with van der Waals surface area (Å²) in [5.74, 6) is -1.04. The molecule has 1 heterocycles. The predicted octanol–water partition coefficient (Wildman–Crippen LogP) is 3.17. The van der Waals surface area contributed by atoms with Gasteiger partial charge >= 0.3 is 18.0 Å². The van der Waals surface area contributed by atoms with Crippen LogP contribution in [-0.4, -0.2) is 35.0 Å². The van der Waals surface area contributed by atoms with Crippen LogP contribution in [0.15, 0.2) is 27.4 Å². The Morgan fingerprint density at radius 3 is 2.41 bits per heavy atom. The molecule has 0 unspecified atom stereocenters. The summed E-state index contributed by atoms with van der Waals surface area (Å²) < 4.78 is 46.1. The van der Waals surface area contributed by atoms with Gasteiger partial charge in [-0.15, -0.1) is 5.10 Å². The zero-order valence-corrected chi connectivity index (χ0v) is 15.3. The van der Waals surface area contributed by atoms with Crippen molar-refractivity contribution in [3.05, 3.63) is 40.2 Å². The molecule has 0 radical (unpaired) electrons. The van der Waals surface area contributed by atoms with Gasteiger partial charge in [-0.25, -0.2) is 14.7 Å². The molecule has 2 amide bonds. The predicted molar refractivity (Wildman–Crippen MR) is 89.6 cm³/mol. The van der Waals surface area contributed by atoms with Crippen LogP contribution in [0.25, 0.3) is 5.69 Å². The third-order valence-corrected chi connectivity index (χ3v) is 3.53. The second-order valence-electron chi connectivity index (χ2n) is 6.67. The molecule has 0 aliphatic carbocycles. The van der Waals surface area contributed by atoms with E-state index in [2.05, 4.69) is 15.3 Å². The Morgan fingerprint density at radius 1 is 1.30 bits per heavy atom. The summed E-state index contributed by atoms with van der Waals surface area (Å²) >= 11 is 0. The highest BCUT2D eigenvalue weighted by atomic mass is 19.4. The lowest BCUT2D eigenvalue weighted by atomic mass is 9.97. The van der Waals surface area contributed by atoms with E-state index in [1.807, 2.05) is 0 Å². The van der Waals surface area contributed by atoms with Crippen molar-refractivity contribution >= 4 is 11.7 Å². The van der Waals surface area contributed by atoms with Crippen molar-refractivity contribution in [1.29, 1.82) is 0 Å². The number of amides is 2. The van der Waals surface area contributed by atoms with Crippen molar-refractivity contribution in [3.63, 3.8) is 0 Å². The SMILES string of the molecule is CON(C)C(=O)Nc1ccc(-n2nc(C(C)(C)C)oc2=O)c(C(F)(F)F)c1. The molecule has 0 bridgehead atoms. The minimum absolute atomic E-state index is 0.000256. The van der Waals surface area contributed by atoms with E-state index >= 15 is 0 Å². The van der Waals surface area contributed by atoms with Gasteiger partial charge in [-0.2, -0.15) is 17.9 Å². The number of nitrogens with zero attached hydrogens (tertiary/aromatic N) is 3. The molecule has 0 atom stereocenters. The summed E-state index contributed by atoms with van der Waals surface area (Å²) in [4.78, 5) is 28.4. The maximum atomic E-state index is 13.5. The highest BCUT2D eigenvalue weighted by Gasteiger charge is 2.36. The standard InChI is InChI=1S/C16H19F3N4O4/c1-15(2,3)12-21-23(14(25)27-12)11-7-6-9(8-10(11)16(17,18)19)20-13(24)22(4)26-5/h6-8H,1-5H3,(H,20,24). The molecule has 0 saturated carbocycles. The lowest BCUT2D eigenvalue weighted by molar-refractivity contribution is -0.137. The average Bonchev–Trinajstić information content (AvgIpc) is 2.95. The smallest absolute Gasteiger partial charge is 0.391 e. The van der Waals surface area contributed by atoms with E-state index in [0.717, 1.165) is 11.1 Å². The molecular weight excluding hydrogens is 369 g/mol. The number of carbonyl (C=O) groups excluding carboxylic acids is 1. The van der Waals surface area contributed by atoms with Gasteiger partial charge in [0.2, 0.25) is 5.89 Å². The number of urea groups is 1. The van der Waals surface area contributed by atoms with Crippen LogP contribution in [0.1, 0.15) is 32.2 Å². The van der Waals surface area contributed by atoms with E-state index < -0.39 is 34.6 Å². The third kappa shape index (κ3) is 4.48. The first-order chi connectivity index (χ1) is 12.3. The number of halogens is 3. The zero-order chi connectivity index (χ0) is 20.6. The number of nitrogens with one attached hydrogen (secondary N) is 1. The number of carbonyl (C=O) groups is 1. The molecule has 0 fully saturated rings. The van der Waals surface area contributed by atoms with Crippen LogP contribution in [0.2, 0.25) is 0 Å². The van der Waals surface area contributed by atoms with E-state index in [0.29, 0.717) is 10.7 Å². The number of benzene rings is 1. The zero-order valence-electron chi connectivity index (χ0n) is 15.3. The highest BCUT2D eigenvalue weighted by Crippen LogP contribution is 2.35. The molecule has 2 aromatic rings. The molecule has 11 heteroatoms. The fourth-order valence-corrected chi connectivity index (χ4v) is 2.04. The van der Waals surface area contributed by atoms with Crippen molar-refractivity contribution in [3.8, 4) is 5.69 Å². The first kappa shape index (κ1) is 20.5. The van der Waals surface area contributed by atoms with Crippen LogP contribution < -0.4 is 11.1 Å². The minimum Gasteiger partial charge on any atom is -0.391 e. The second kappa shape index (κ2) is 7.06. The summed E-state index contributed by atoms with van der Waals surface area (Å²) in [5.41, 5.74) is -2.46. The molecule has 148 valence electrons. The highest BCUT2D eigenvalue weighted by molar-refractivity contribution is 5.88. The van der Waals surface area contributed by atoms with Crippen molar-refractivity contribution in [1.82, 2.24) is 14.8 Å². The quantitative estimate of drug-likeness (QED) is 0.816. The van der Waals surface area contributed by atoms with Crippen molar-refractivity contribution in [2.75, 3.05) is 19.5 Å². The Balaban J connectivity index is 2.54. The molecule has 1 aromatic carbocycles. The van der Waals surface area contributed by atoms with Crippen molar-refractivity contribution in [2.24, 2.45) is 0 Å². The maximum Gasteiger partial charge on any atom is 0.441 e. The monoisotopic (exact) mass is 388 g/mol. The Bertz CT molecular complexity index is 896. The first-order valence-corrected chi connectivity index (χ1v) is 7.75. The van der Waals surface area contributed by atoms with Crippen molar-refractivity contribution < 1.29 is 27.2 Å². The largest absolute Gasteiger partial charge is 0.441 e. The molecule has 0 saturated heterocycles. The molecule has 0 aliphatic heterocycles. The van der Waals surface area contributed by atoms with Crippen molar-refractivity contribution in [2.45, 2.75) is 32.4 Å². The van der Waals surface area contributed by atoms with Crippen LogP contribution >= 0.6 is 0 Å². The van der Waals surface area contributed by atoms with Gasteiger partial charge in [-0.3, -0.25) is 4.84 Å². The van der Waals surface area contributed by atoms with E-state index in [4.69, 9.17) is 4.42 Å². The van der Waals surface area contributed by atoms with Gasteiger partial charge in [0.15, 0.2) is 0 Å². The Kier molecular flexibility index (Phi) is 5.36. The summed E-state index contributed by atoms with van der Waals surface area (Å²) in [5, 5.41) is 6.94. The topological polar surface area (TPSA) is 89.6 Å². The molecule has 1 aromatic heterocycles. The summed E-state index contributed by atoms with van der Waals surface area (Å²) in [6, 6.07) is 2.17. The average molecular weight is 388 g/mol. The fraction of sp³-hybridized carbons (Fsp3) is 0.438. The fourth-order valence-electron chi connectivity index (χ4n) is 2.04. The van der Waals surface area contributed by atoms with E-state index in [9.17, 15) is 22.8 Å². The number of alkyl halides is 3. The Labute approximate surface area is 152 Å². The van der Waals surface area contributed by atoms with Gasteiger partial charge in [-0.1, -0.05) is 20.8 Å². The number of aromatic nitrogens is 2. The van der Waals surface area contributed by atoms with Gasteiger partial charge in [0.05, 0.1) is 18.4 Å². The van der Waals surface area contributed by atoms with E-state index in [1.165, 1.54) is 20.2 Å². The maximum absolute atomic E-state index is 13.5. The molecular formula is C16H19F3N4O4. The molecule has 1 N–H and O–H groups in total. The van der Waals surface area contributed by atoms with E-state index in [-0.39, 0.29) is 11.6 Å². The Hall–Kier alpha value is -2.82. The molecule has 27 heavy (non-hydrogen) atoms. The van der Waals surface area contributed by atoms with Gasteiger partial charge < -0.3 is 9.73 Å². The summed E-state index contributed by atoms with van der Waals surface area (Å²) in [7, 11) is 2.52. The van der Waals surface area contributed by atoms with Crippen LogP contribution in [0.4, 0.5) is 23.7 Å². The van der Waals surface area contributed by atoms with Crippen LogP contribution in [-0.2, 0) is 16.4 Å². The lowest BCUT2D eigenvalue weighted by Gasteiger charge is -2.17. The lowest BCUT2D eigenvalue weighted by Crippen LogP contribution is -2.30. The number of hydrogen-bond acceptors (Lipinski definition) is 5. The Morgan fingerprint density at radius 2 is 1.93 bits per heavy atom. The molecule has 0 aliphatic rings. The van der Waals surface area contributed by atoms with E-state index in [1.54, 1.807) is 20.8 Å². The summed E-state index contributed by atoms with van der Waals surface area (Å²) in [6.07, 6.45) is -4.80. The van der Waals surface area contributed by atoms with Gasteiger partial charge in [0.1, 0.15) is 0 Å². The van der Waals surface area contributed by atoms with Crippen LogP contribution in [0.5, 0.6) is 0 Å². The minimum atomic E-state index is -4.80. The number of hydrogen-bond donors (Lipinski definition) is 1. The number of hydroxylamine groups is 2. The third-order valence-electron chi connectivity index (χ3n) is 3.53. The molecule has 0 spiro atoms. The number of rotatable bonds is 3. The molecule has 2 rings (SSSR count). The van der Waals surface area contributed by atoms with Crippen LogP contribution in [0.3, 0.4) is 0 Å². The first-order valence-electron chi connectivity index (χ1n) is 7.75. The molecule has 8 nitrogen and oxygen atoms in total. The van der Waals surface area contributed by atoms with Crippen LogP contribution in [0, 0.1) is 0 Å². The van der Waals surface area contributed by atoms with Gasteiger partial charge in [0, 0.05) is 18.2 Å². The second-order valence-corrected chi connectivity index (χ2v) is 6.67. The normalized spacial score (nSPS) is 12.1. The van der Waals surface area contributed by atoms with Gasteiger partial charge in [-0.05, 0) is 18.2 Å².